The van der Waals surface area contributed by atoms with Crippen LogP contribution in [0.15, 0.2) is 97.3 Å². The summed E-state index contributed by atoms with van der Waals surface area (Å²) >= 11 is 0. The lowest BCUT2D eigenvalue weighted by Gasteiger charge is -2.21. The van der Waals surface area contributed by atoms with Crippen LogP contribution in [-0.2, 0) is 6.61 Å². The van der Waals surface area contributed by atoms with Crippen LogP contribution in [0, 0.1) is 0 Å². The summed E-state index contributed by atoms with van der Waals surface area (Å²) < 4.78 is 5.79. The van der Waals surface area contributed by atoms with Crippen LogP contribution >= 0.6 is 0 Å². The molecule has 2 amide bonds. The molecule has 3 aromatic carbocycles. The number of aromatic hydroxyl groups is 1. The molecule has 4 aromatic rings. The number of phenols is 1. The third-order valence-electron chi connectivity index (χ3n) is 6.66. The molecule has 2 atom stereocenters. The van der Waals surface area contributed by atoms with Crippen LogP contribution < -0.4 is 20.7 Å². The van der Waals surface area contributed by atoms with E-state index in [0.717, 1.165) is 5.56 Å². The molecule has 202 valence electrons. The summed E-state index contributed by atoms with van der Waals surface area (Å²) in [5.41, 5.74) is 2.26. The van der Waals surface area contributed by atoms with E-state index in [2.05, 4.69) is 20.9 Å². The van der Waals surface area contributed by atoms with Gasteiger partial charge in [-0.2, -0.15) is 0 Å². The SMILES string of the molecule is O=C(N[C@@H]1CNC[C@H]1NC(=O)c1ccc(C(=O)c2cc(OCc3ccccc3)ccc2O)cc1)c1ccncc1. The van der Waals surface area contributed by atoms with Gasteiger partial charge in [0, 0.05) is 42.2 Å². The number of nitrogens with zero attached hydrogens (tertiary/aromatic N) is 1. The van der Waals surface area contributed by atoms with E-state index in [-0.39, 0.29) is 35.2 Å². The Morgan fingerprint density at radius 3 is 2.05 bits per heavy atom. The number of rotatable bonds is 9. The Kier molecular flexibility index (Phi) is 8.13. The summed E-state index contributed by atoms with van der Waals surface area (Å²) in [6, 6.07) is 23.0. The van der Waals surface area contributed by atoms with E-state index < -0.39 is 5.78 Å². The molecule has 0 spiro atoms. The Labute approximate surface area is 231 Å². The fourth-order valence-electron chi connectivity index (χ4n) is 4.45. The first kappa shape index (κ1) is 26.6. The minimum absolute atomic E-state index is 0.104. The van der Waals surface area contributed by atoms with Crippen molar-refractivity contribution in [3.8, 4) is 11.5 Å². The van der Waals surface area contributed by atoms with Gasteiger partial charge in [0.15, 0.2) is 5.78 Å². The lowest BCUT2D eigenvalue weighted by Crippen LogP contribution is -2.51. The van der Waals surface area contributed by atoms with Crippen molar-refractivity contribution in [3.05, 3.63) is 125 Å². The normalized spacial score (nSPS) is 16.2. The van der Waals surface area contributed by atoms with Gasteiger partial charge < -0.3 is 25.8 Å². The predicted molar refractivity (Wildman–Crippen MR) is 148 cm³/mol. The fraction of sp³-hybridized carbons (Fsp3) is 0.161. The van der Waals surface area contributed by atoms with Crippen LogP contribution in [0.25, 0.3) is 0 Å². The van der Waals surface area contributed by atoms with Crippen LogP contribution in [-0.4, -0.2) is 52.9 Å². The molecule has 0 bridgehead atoms. The maximum atomic E-state index is 13.1. The van der Waals surface area contributed by atoms with Crippen molar-refractivity contribution in [2.75, 3.05) is 13.1 Å². The molecule has 0 unspecified atom stereocenters. The monoisotopic (exact) mass is 536 g/mol. The van der Waals surface area contributed by atoms with Crippen molar-refractivity contribution in [1.82, 2.24) is 20.9 Å². The van der Waals surface area contributed by atoms with E-state index in [1.54, 1.807) is 54.9 Å². The quantitative estimate of drug-likeness (QED) is 0.242. The van der Waals surface area contributed by atoms with E-state index in [0.29, 0.717) is 42.1 Å². The molecule has 0 saturated carbocycles. The number of benzene rings is 3. The van der Waals surface area contributed by atoms with E-state index >= 15 is 0 Å². The smallest absolute Gasteiger partial charge is 0.251 e. The van der Waals surface area contributed by atoms with Gasteiger partial charge in [-0.1, -0.05) is 42.5 Å². The van der Waals surface area contributed by atoms with Crippen LogP contribution in [0.2, 0.25) is 0 Å². The first-order valence-electron chi connectivity index (χ1n) is 12.8. The zero-order valence-electron chi connectivity index (χ0n) is 21.5. The molecule has 0 aliphatic carbocycles. The highest BCUT2D eigenvalue weighted by atomic mass is 16.5. The van der Waals surface area contributed by atoms with E-state index in [4.69, 9.17) is 4.74 Å². The van der Waals surface area contributed by atoms with Gasteiger partial charge in [0.05, 0.1) is 17.6 Å². The van der Waals surface area contributed by atoms with Gasteiger partial charge >= 0.3 is 0 Å². The van der Waals surface area contributed by atoms with Gasteiger partial charge in [0.2, 0.25) is 0 Å². The standard InChI is InChI=1S/C31H28N4O5/c36-28-11-10-24(40-19-20-4-2-1-3-5-20)16-25(28)29(37)21-6-8-22(9-7-21)30(38)34-26-17-33-18-27(26)35-31(39)23-12-14-32-15-13-23/h1-16,26-27,33,36H,17-19H2,(H,34,38)(H,35,39)/t26-,27-/m1/s1. The number of carbonyl (C=O) groups is 3. The van der Waals surface area contributed by atoms with Gasteiger partial charge in [-0.3, -0.25) is 19.4 Å². The third kappa shape index (κ3) is 6.33. The highest BCUT2D eigenvalue weighted by Gasteiger charge is 2.30. The Bertz CT molecular complexity index is 1490. The molecular weight excluding hydrogens is 508 g/mol. The predicted octanol–water partition coefficient (Wildman–Crippen LogP) is 3.10. The number of ether oxygens (including phenoxy) is 1. The molecule has 1 saturated heterocycles. The molecule has 1 fully saturated rings. The van der Waals surface area contributed by atoms with Crippen LogP contribution in [0.3, 0.4) is 0 Å². The zero-order chi connectivity index (χ0) is 27.9. The average Bonchev–Trinajstić information content (AvgIpc) is 3.43. The number of hydrogen-bond acceptors (Lipinski definition) is 7. The van der Waals surface area contributed by atoms with E-state index in [1.165, 1.54) is 12.1 Å². The summed E-state index contributed by atoms with van der Waals surface area (Å²) in [5, 5.41) is 19.4. The summed E-state index contributed by atoms with van der Waals surface area (Å²) in [6.07, 6.45) is 3.10. The lowest BCUT2D eigenvalue weighted by atomic mass is 10.0. The number of aromatic nitrogens is 1. The van der Waals surface area contributed by atoms with E-state index in [9.17, 15) is 19.5 Å². The molecule has 5 rings (SSSR count). The van der Waals surface area contributed by atoms with Crippen LogP contribution in [0.1, 0.15) is 42.2 Å². The molecular formula is C31H28N4O5. The second-order valence-corrected chi connectivity index (χ2v) is 9.41. The minimum Gasteiger partial charge on any atom is -0.507 e. The number of hydrogen-bond donors (Lipinski definition) is 4. The Hall–Kier alpha value is -5.02. The second-order valence-electron chi connectivity index (χ2n) is 9.41. The van der Waals surface area contributed by atoms with Crippen molar-refractivity contribution < 1.29 is 24.2 Å². The molecule has 9 nitrogen and oxygen atoms in total. The Morgan fingerprint density at radius 2 is 1.40 bits per heavy atom. The van der Waals surface area contributed by atoms with Gasteiger partial charge in [-0.25, -0.2) is 0 Å². The van der Waals surface area contributed by atoms with Crippen LogP contribution in [0.4, 0.5) is 0 Å². The van der Waals surface area contributed by atoms with Gasteiger partial charge in [-0.15, -0.1) is 0 Å². The Morgan fingerprint density at radius 1 is 0.800 bits per heavy atom. The molecule has 0 radical (unpaired) electrons. The van der Waals surface area contributed by atoms with Gasteiger partial charge in [-0.05, 0) is 48.0 Å². The Balaban J connectivity index is 1.21. The minimum atomic E-state index is -0.395. The summed E-state index contributed by atoms with van der Waals surface area (Å²) in [4.78, 5) is 42.5. The number of carbonyl (C=O) groups excluding carboxylic acids is 3. The van der Waals surface area contributed by atoms with Gasteiger partial charge in [0.25, 0.3) is 11.8 Å². The lowest BCUT2D eigenvalue weighted by molar-refractivity contribution is 0.0896. The first-order chi connectivity index (χ1) is 19.5. The second kappa shape index (κ2) is 12.2. The number of amides is 2. The number of nitrogens with one attached hydrogen (secondary N) is 3. The highest BCUT2D eigenvalue weighted by molar-refractivity contribution is 6.11. The molecule has 2 heterocycles. The largest absolute Gasteiger partial charge is 0.507 e. The third-order valence-corrected chi connectivity index (χ3v) is 6.66. The van der Waals surface area contributed by atoms with Crippen molar-refractivity contribution in [2.24, 2.45) is 0 Å². The zero-order valence-corrected chi connectivity index (χ0v) is 21.5. The molecule has 9 heteroatoms. The number of ketones is 1. The fourth-order valence-corrected chi connectivity index (χ4v) is 4.45. The van der Waals surface area contributed by atoms with Gasteiger partial charge in [0.1, 0.15) is 18.1 Å². The first-order valence-corrected chi connectivity index (χ1v) is 12.8. The summed E-state index contributed by atoms with van der Waals surface area (Å²) in [5.74, 6) is -0.663. The summed E-state index contributed by atoms with van der Waals surface area (Å²) in [7, 11) is 0. The highest BCUT2D eigenvalue weighted by Crippen LogP contribution is 2.26. The number of pyridine rings is 1. The maximum Gasteiger partial charge on any atom is 0.251 e. The average molecular weight is 537 g/mol. The maximum absolute atomic E-state index is 13.1. The van der Waals surface area contributed by atoms with Crippen molar-refractivity contribution in [2.45, 2.75) is 18.7 Å². The molecule has 1 aliphatic heterocycles. The number of phenolic OH excluding ortho intramolecular Hbond substituents is 1. The molecule has 40 heavy (non-hydrogen) atoms. The van der Waals surface area contributed by atoms with Crippen molar-refractivity contribution in [1.29, 1.82) is 0 Å². The molecule has 4 N–H and O–H groups in total. The molecule has 1 aromatic heterocycles. The van der Waals surface area contributed by atoms with Crippen molar-refractivity contribution in [3.63, 3.8) is 0 Å². The van der Waals surface area contributed by atoms with Crippen LogP contribution in [0.5, 0.6) is 11.5 Å². The van der Waals surface area contributed by atoms with E-state index in [1.807, 2.05) is 30.3 Å². The van der Waals surface area contributed by atoms with Crippen molar-refractivity contribution >= 4 is 17.6 Å². The summed E-state index contributed by atoms with van der Waals surface area (Å²) in [6.45, 7) is 1.35. The topological polar surface area (TPSA) is 130 Å². The molecule has 1 aliphatic rings.